The summed E-state index contributed by atoms with van der Waals surface area (Å²) in [6.07, 6.45) is 3.93. The highest BCUT2D eigenvalue weighted by atomic mass is 32.2. The molecule has 0 bridgehead atoms. The molecule has 1 aliphatic rings. The summed E-state index contributed by atoms with van der Waals surface area (Å²) in [7, 11) is -3.23. The number of piperidine rings is 1. The van der Waals surface area contributed by atoms with E-state index in [4.69, 9.17) is 15.5 Å². The zero-order valence-corrected chi connectivity index (χ0v) is 18.9. The summed E-state index contributed by atoms with van der Waals surface area (Å²) in [4.78, 5) is 9.39. The zero-order chi connectivity index (χ0) is 22.3. The number of nitrogens with one attached hydrogen (secondary N) is 1. The molecule has 168 valence electrons. The van der Waals surface area contributed by atoms with Crippen LogP contribution in [0.15, 0.2) is 12.4 Å². The first-order valence-corrected chi connectivity index (χ1v) is 12.0. The van der Waals surface area contributed by atoms with Gasteiger partial charge in [-0.25, -0.2) is 17.7 Å². The Morgan fingerprint density at radius 1 is 1.35 bits per heavy atom. The third kappa shape index (κ3) is 3.97. The van der Waals surface area contributed by atoms with Gasteiger partial charge in [0.25, 0.3) is 0 Å². The third-order valence-corrected chi connectivity index (χ3v) is 7.42. The smallest absolute Gasteiger partial charge is 0.244 e. The second kappa shape index (κ2) is 8.08. The Bertz CT molecular complexity index is 1170. The quantitative estimate of drug-likeness (QED) is 0.579. The first-order chi connectivity index (χ1) is 14.7. The van der Waals surface area contributed by atoms with Gasteiger partial charge in [-0.1, -0.05) is 6.92 Å². The number of anilines is 1. The third-order valence-electron chi connectivity index (χ3n) is 5.58. The highest BCUT2D eigenvalue weighted by Crippen LogP contribution is 2.38. The van der Waals surface area contributed by atoms with E-state index in [1.54, 1.807) is 28.1 Å². The van der Waals surface area contributed by atoms with Crippen molar-refractivity contribution in [3.05, 3.63) is 18.1 Å². The number of ether oxygens (including phenoxy) is 1. The van der Waals surface area contributed by atoms with Gasteiger partial charge in [-0.05, 0) is 33.1 Å². The van der Waals surface area contributed by atoms with E-state index in [9.17, 15) is 8.42 Å². The van der Waals surface area contributed by atoms with Crippen LogP contribution in [0.3, 0.4) is 0 Å². The van der Waals surface area contributed by atoms with Crippen LogP contribution in [-0.4, -0.2) is 67.4 Å². The summed E-state index contributed by atoms with van der Waals surface area (Å²) in [5.74, 6) is 0.698. The van der Waals surface area contributed by atoms with Crippen LogP contribution in [0.1, 0.15) is 45.7 Å². The van der Waals surface area contributed by atoms with Crippen LogP contribution in [0.2, 0.25) is 0 Å². The van der Waals surface area contributed by atoms with E-state index in [1.165, 1.54) is 0 Å². The number of nitrogen functional groups attached to an aromatic ring is 1. The SMILES string of the molecule is CCS(=O)(=O)N1CC[C@H](c2nc(-c3cn[nH]c3)c(OC(C)C)n3nc(N)nc23)[C@@H](C)C1. The predicted molar refractivity (Wildman–Crippen MR) is 116 cm³/mol. The molecule has 3 N–H and O–H groups in total. The highest BCUT2D eigenvalue weighted by Gasteiger charge is 2.36. The van der Waals surface area contributed by atoms with Crippen LogP contribution in [-0.2, 0) is 10.0 Å². The number of sulfonamides is 1. The largest absolute Gasteiger partial charge is 0.473 e. The van der Waals surface area contributed by atoms with Gasteiger partial charge in [0.2, 0.25) is 21.9 Å². The maximum absolute atomic E-state index is 12.4. The van der Waals surface area contributed by atoms with E-state index in [0.717, 1.165) is 11.3 Å². The number of hydrogen-bond donors (Lipinski definition) is 2. The van der Waals surface area contributed by atoms with E-state index >= 15 is 0 Å². The lowest BCUT2D eigenvalue weighted by Crippen LogP contribution is -2.43. The van der Waals surface area contributed by atoms with Crippen LogP contribution in [0.25, 0.3) is 16.9 Å². The first kappa shape index (κ1) is 21.5. The van der Waals surface area contributed by atoms with Crippen molar-refractivity contribution in [3.63, 3.8) is 0 Å². The molecule has 0 saturated carbocycles. The molecule has 12 heteroatoms. The molecule has 31 heavy (non-hydrogen) atoms. The first-order valence-electron chi connectivity index (χ1n) is 10.4. The lowest BCUT2D eigenvalue weighted by molar-refractivity contribution is 0.225. The summed E-state index contributed by atoms with van der Waals surface area (Å²) >= 11 is 0. The number of nitrogens with two attached hydrogens (primary N) is 1. The fourth-order valence-corrected chi connectivity index (χ4v) is 5.26. The van der Waals surface area contributed by atoms with Crippen molar-refractivity contribution >= 4 is 21.6 Å². The molecule has 1 aliphatic heterocycles. The summed E-state index contributed by atoms with van der Waals surface area (Å²) < 4.78 is 33.9. The number of fused-ring (bicyclic) bond motifs is 1. The highest BCUT2D eigenvalue weighted by molar-refractivity contribution is 7.89. The molecule has 0 spiro atoms. The molecule has 11 nitrogen and oxygen atoms in total. The number of hydrogen-bond acceptors (Lipinski definition) is 8. The summed E-state index contributed by atoms with van der Waals surface area (Å²) in [6, 6.07) is 0. The number of H-pyrrole nitrogens is 1. The fraction of sp³-hybridized carbons (Fsp3) is 0.579. The molecular formula is C19H28N8O3S. The zero-order valence-electron chi connectivity index (χ0n) is 18.1. The molecular weight excluding hydrogens is 420 g/mol. The van der Waals surface area contributed by atoms with Crippen molar-refractivity contribution in [2.75, 3.05) is 24.6 Å². The van der Waals surface area contributed by atoms with Crippen molar-refractivity contribution in [1.82, 2.24) is 34.1 Å². The van der Waals surface area contributed by atoms with Gasteiger partial charge in [0.15, 0.2) is 5.65 Å². The number of rotatable bonds is 6. The van der Waals surface area contributed by atoms with Gasteiger partial charge in [-0.2, -0.15) is 14.6 Å². The van der Waals surface area contributed by atoms with E-state index < -0.39 is 10.0 Å². The lowest BCUT2D eigenvalue weighted by Gasteiger charge is -2.35. The number of nitrogens with zero attached hydrogens (tertiary/aromatic N) is 6. The van der Waals surface area contributed by atoms with E-state index in [-0.39, 0.29) is 29.6 Å². The molecule has 0 aromatic carbocycles. The van der Waals surface area contributed by atoms with Gasteiger partial charge in [0.05, 0.1) is 23.7 Å². The van der Waals surface area contributed by atoms with Crippen molar-refractivity contribution in [3.8, 4) is 17.1 Å². The van der Waals surface area contributed by atoms with Crippen LogP contribution in [0, 0.1) is 5.92 Å². The standard InChI is InChI=1S/C19H28N8O3S/c1-5-31(28,29)26-7-6-14(12(4)10-26)16-17-24-19(20)25-27(17)18(30-11(2)3)15(23-16)13-8-21-22-9-13/h8-9,11-12,14H,5-7,10H2,1-4H3,(H2,20,25)(H,21,22)/t12-,14-/m0/s1. The summed E-state index contributed by atoms with van der Waals surface area (Å²) in [5.41, 5.74) is 8.57. The average Bonchev–Trinajstić information content (AvgIpc) is 3.37. The molecule has 3 aromatic heterocycles. The summed E-state index contributed by atoms with van der Waals surface area (Å²) in [5, 5.41) is 11.2. The fourth-order valence-electron chi connectivity index (χ4n) is 4.05. The number of aromatic nitrogens is 6. The topological polar surface area (TPSA) is 144 Å². The van der Waals surface area contributed by atoms with Gasteiger partial charge in [-0.3, -0.25) is 5.10 Å². The van der Waals surface area contributed by atoms with Gasteiger partial charge in [0, 0.05) is 30.8 Å². The maximum Gasteiger partial charge on any atom is 0.244 e. The minimum Gasteiger partial charge on any atom is -0.473 e. The van der Waals surface area contributed by atoms with Gasteiger partial charge in [0.1, 0.15) is 5.69 Å². The Balaban J connectivity index is 1.84. The minimum absolute atomic E-state index is 0.00634. The normalized spacial score (nSPS) is 20.5. The summed E-state index contributed by atoms with van der Waals surface area (Å²) in [6.45, 7) is 8.42. The maximum atomic E-state index is 12.4. The Morgan fingerprint density at radius 3 is 2.74 bits per heavy atom. The van der Waals surface area contributed by atoms with Crippen LogP contribution in [0.5, 0.6) is 5.88 Å². The van der Waals surface area contributed by atoms with Gasteiger partial charge in [-0.15, -0.1) is 5.10 Å². The van der Waals surface area contributed by atoms with Crippen molar-refractivity contribution < 1.29 is 13.2 Å². The Morgan fingerprint density at radius 2 is 2.13 bits per heavy atom. The van der Waals surface area contributed by atoms with Gasteiger partial charge >= 0.3 is 0 Å². The molecule has 4 rings (SSSR count). The second-order valence-electron chi connectivity index (χ2n) is 8.14. The van der Waals surface area contributed by atoms with E-state index in [1.807, 2.05) is 20.8 Å². The molecule has 0 unspecified atom stereocenters. The molecule has 2 atom stereocenters. The van der Waals surface area contributed by atoms with Gasteiger partial charge < -0.3 is 10.5 Å². The molecule has 4 heterocycles. The molecule has 3 aromatic rings. The molecule has 1 fully saturated rings. The van der Waals surface area contributed by atoms with Crippen LogP contribution >= 0.6 is 0 Å². The minimum atomic E-state index is -3.23. The van der Waals surface area contributed by atoms with Crippen molar-refractivity contribution in [1.29, 1.82) is 0 Å². The molecule has 0 radical (unpaired) electrons. The Labute approximate surface area is 181 Å². The Kier molecular flexibility index (Phi) is 5.60. The second-order valence-corrected chi connectivity index (χ2v) is 10.4. The van der Waals surface area contributed by atoms with Crippen LogP contribution in [0.4, 0.5) is 5.95 Å². The van der Waals surface area contributed by atoms with E-state index in [2.05, 4.69) is 20.3 Å². The molecule has 0 amide bonds. The van der Waals surface area contributed by atoms with Crippen molar-refractivity contribution in [2.24, 2.45) is 5.92 Å². The predicted octanol–water partition coefficient (Wildman–Crippen LogP) is 1.66. The average molecular weight is 449 g/mol. The molecule has 1 saturated heterocycles. The monoisotopic (exact) mass is 448 g/mol. The molecule has 0 aliphatic carbocycles. The lowest BCUT2D eigenvalue weighted by atomic mass is 9.85. The Hall–Kier alpha value is -2.73. The van der Waals surface area contributed by atoms with Crippen LogP contribution < -0.4 is 10.5 Å². The number of aromatic amines is 1. The van der Waals surface area contributed by atoms with Crippen molar-refractivity contribution in [2.45, 2.75) is 46.1 Å². The van der Waals surface area contributed by atoms with E-state index in [0.29, 0.717) is 36.7 Å².